The van der Waals surface area contributed by atoms with Crippen molar-refractivity contribution in [2.24, 2.45) is 10.7 Å². The maximum absolute atomic E-state index is 5.55. The lowest BCUT2D eigenvalue weighted by molar-refractivity contribution is 1.25. The van der Waals surface area contributed by atoms with Gasteiger partial charge in [-0.1, -0.05) is 44.2 Å². The zero-order valence-electron chi connectivity index (χ0n) is 8.62. The maximum Gasteiger partial charge on any atom is 0.0977 e. The molecule has 0 unspecified atom stereocenters. The van der Waals surface area contributed by atoms with Crippen molar-refractivity contribution in [1.29, 1.82) is 0 Å². The third-order valence-corrected chi connectivity index (χ3v) is 1.52. The van der Waals surface area contributed by atoms with Crippen LogP contribution in [0.1, 0.15) is 19.4 Å². The van der Waals surface area contributed by atoms with Crippen molar-refractivity contribution in [2.75, 3.05) is 7.05 Å². The van der Waals surface area contributed by atoms with E-state index in [1.54, 1.807) is 7.05 Å². The summed E-state index contributed by atoms with van der Waals surface area (Å²) in [6, 6.07) is 10.1. The van der Waals surface area contributed by atoms with Gasteiger partial charge in [-0.25, -0.2) is 0 Å². The third kappa shape index (κ3) is 5.01. The summed E-state index contributed by atoms with van der Waals surface area (Å²) in [6.45, 7) is 4.00. The lowest BCUT2D eigenvalue weighted by Gasteiger charge is -1.98. The van der Waals surface area contributed by atoms with Crippen LogP contribution in [-0.2, 0) is 6.42 Å². The molecule has 0 saturated heterocycles. The van der Waals surface area contributed by atoms with Gasteiger partial charge in [-0.05, 0) is 5.56 Å². The first kappa shape index (κ1) is 11.7. The van der Waals surface area contributed by atoms with Crippen LogP contribution in [0, 0.1) is 0 Å². The lowest BCUT2D eigenvalue weighted by atomic mass is 10.1. The van der Waals surface area contributed by atoms with Crippen LogP contribution in [0.3, 0.4) is 0 Å². The molecule has 0 bridgehead atoms. The predicted octanol–water partition coefficient (Wildman–Crippen LogP) is 2.24. The molecule has 0 aliphatic carbocycles. The fourth-order valence-electron chi connectivity index (χ4n) is 0.884. The summed E-state index contributed by atoms with van der Waals surface area (Å²) in [5, 5.41) is 0. The highest BCUT2D eigenvalue weighted by Crippen LogP contribution is 1.98. The largest absolute Gasteiger partial charge is 0.387 e. The Morgan fingerprint density at radius 2 is 1.77 bits per heavy atom. The van der Waals surface area contributed by atoms with Crippen LogP contribution in [0.2, 0.25) is 0 Å². The van der Waals surface area contributed by atoms with E-state index in [1.807, 2.05) is 44.2 Å². The SMILES string of the molecule is CC.CN=C(N)Cc1ccccc1. The van der Waals surface area contributed by atoms with Crippen LogP contribution in [0.25, 0.3) is 0 Å². The van der Waals surface area contributed by atoms with E-state index in [2.05, 4.69) is 4.99 Å². The number of amidine groups is 1. The van der Waals surface area contributed by atoms with E-state index in [0.29, 0.717) is 5.84 Å². The second-order valence-electron chi connectivity index (χ2n) is 2.38. The van der Waals surface area contributed by atoms with Crippen LogP contribution in [0.5, 0.6) is 0 Å². The Kier molecular flexibility index (Phi) is 6.60. The molecule has 0 spiro atoms. The van der Waals surface area contributed by atoms with Gasteiger partial charge in [-0.2, -0.15) is 0 Å². The van der Waals surface area contributed by atoms with Gasteiger partial charge in [-0.3, -0.25) is 4.99 Å². The average molecular weight is 178 g/mol. The lowest BCUT2D eigenvalue weighted by Crippen LogP contribution is -2.14. The van der Waals surface area contributed by atoms with Crippen molar-refractivity contribution in [3.63, 3.8) is 0 Å². The van der Waals surface area contributed by atoms with Gasteiger partial charge in [0.2, 0.25) is 0 Å². The Labute approximate surface area is 80.5 Å². The van der Waals surface area contributed by atoms with Gasteiger partial charge in [0, 0.05) is 13.5 Å². The van der Waals surface area contributed by atoms with E-state index in [1.165, 1.54) is 5.56 Å². The van der Waals surface area contributed by atoms with Gasteiger partial charge in [0.15, 0.2) is 0 Å². The minimum atomic E-state index is 0.677. The van der Waals surface area contributed by atoms with E-state index in [9.17, 15) is 0 Å². The van der Waals surface area contributed by atoms with Gasteiger partial charge in [0.1, 0.15) is 0 Å². The van der Waals surface area contributed by atoms with Gasteiger partial charge in [0.25, 0.3) is 0 Å². The maximum atomic E-state index is 5.55. The Morgan fingerprint density at radius 3 is 2.23 bits per heavy atom. The van der Waals surface area contributed by atoms with E-state index >= 15 is 0 Å². The molecule has 2 nitrogen and oxygen atoms in total. The zero-order chi connectivity index (χ0) is 10.1. The molecular weight excluding hydrogens is 160 g/mol. The first-order valence-corrected chi connectivity index (χ1v) is 4.58. The van der Waals surface area contributed by atoms with Crippen LogP contribution in [0.15, 0.2) is 35.3 Å². The minimum Gasteiger partial charge on any atom is -0.387 e. The third-order valence-electron chi connectivity index (χ3n) is 1.52. The molecule has 0 fully saturated rings. The van der Waals surface area contributed by atoms with Crippen molar-refractivity contribution in [3.8, 4) is 0 Å². The molecule has 0 aliphatic rings. The number of benzene rings is 1. The molecule has 0 heterocycles. The number of nitrogens with two attached hydrogens (primary N) is 1. The summed E-state index contributed by atoms with van der Waals surface area (Å²) in [7, 11) is 1.71. The molecule has 72 valence electrons. The number of rotatable bonds is 2. The van der Waals surface area contributed by atoms with Crippen LogP contribution in [0.4, 0.5) is 0 Å². The minimum absolute atomic E-state index is 0.677. The molecular formula is C11H18N2. The fourth-order valence-corrected chi connectivity index (χ4v) is 0.884. The van der Waals surface area contributed by atoms with E-state index in [-0.39, 0.29) is 0 Å². The highest BCUT2D eigenvalue weighted by atomic mass is 14.8. The quantitative estimate of drug-likeness (QED) is 0.547. The molecule has 0 aromatic heterocycles. The molecule has 0 radical (unpaired) electrons. The number of hydrogen-bond donors (Lipinski definition) is 1. The van der Waals surface area contributed by atoms with E-state index in [4.69, 9.17) is 5.73 Å². The van der Waals surface area contributed by atoms with E-state index < -0.39 is 0 Å². The summed E-state index contributed by atoms with van der Waals surface area (Å²) >= 11 is 0. The molecule has 1 aromatic rings. The van der Waals surface area contributed by atoms with Gasteiger partial charge >= 0.3 is 0 Å². The molecule has 1 rings (SSSR count). The van der Waals surface area contributed by atoms with Crippen molar-refractivity contribution in [2.45, 2.75) is 20.3 Å². The fraction of sp³-hybridized carbons (Fsp3) is 0.364. The summed E-state index contributed by atoms with van der Waals surface area (Å²) in [5.41, 5.74) is 6.76. The molecule has 2 N–H and O–H groups in total. The number of aliphatic imine (C=N–C) groups is 1. The van der Waals surface area contributed by atoms with Crippen LogP contribution >= 0.6 is 0 Å². The second-order valence-corrected chi connectivity index (χ2v) is 2.38. The zero-order valence-corrected chi connectivity index (χ0v) is 8.62. The topological polar surface area (TPSA) is 38.4 Å². The monoisotopic (exact) mass is 178 g/mol. The summed E-state index contributed by atoms with van der Waals surface area (Å²) < 4.78 is 0. The standard InChI is InChI=1S/C9H12N2.C2H6/c1-11-9(10)7-8-5-3-2-4-6-8;1-2/h2-6H,7H2,1H3,(H2,10,11);1-2H3. The Bertz CT molecular complexity index is 240. The predicted molar refractivity (Wildman–Crippen MR) is 59.0 cm³/mol. The van der Waals surface area contributed by atoms with E-state index in [0.717, 1.165) is 6.42 Å². The molecule has 2 heteroatoms. The Morgan fingerprint density at radius 1 is 1.23 bits per heavy atom. The highest BCUT2D eigenvalue weighted by Gasteiger charge is 1.92. The van der Waals surface area contributed by atoms with Gasteiger partial charge < -0.3 is 5.73 Å². The number of hydrogen-bond acceptors (Lipinski definition) is 1. The second kappa shape index (κ2) is 7.35. The van der Waals surface area contributed by atoms with Gasteiger partial charge in [0.05, 0.1) is 5.84 Å². The molecule has 0 aliphatic heterocycles. The molecule has 0 atom stereocenters. The molecule has 0 amide bonds. The highest BCUT2D eigenvalue weighted by molar-refractivity contribution is 5.82. The average Bonchev–Trinajstić information content (AvgIpc) is 2.22. The van der Waals surface area contributed by atoms with Crippen molar-refractivity contribution < 1.29 is 0 Å². The first-order chi connectivity index (χ1) is 6.33. The van der Waals surface area contributed by atoms with Crippen LogP contribution < -0.4 is 5.73 Å². The first-order valence-electron chi connectivity index (χ1n) is 4.58. The number of nitrogens with zero attached hydrogens (tertiary/aromatic N) is 1. The summed E-state index contributed by atoms with van der Waals surface area (Å²) in [4.78, 5) is 3.88. The summed E-state index contributed by atoms with van der Waals surface area (Å²) in [5.74, 6) is 0.677. The Hall–Kier alpha value is -1.31. The van der Waals surface area contributed by atoms with Crippen LogP contribution in [-0.4, -0.2) is 12.9 Å². The van der Waals surface area contributed by atoms with Crippen molar-refractivity contribution in [3.05, 3.63) is 35.9 Å². The summed E-state index contributed by atoms with van der Waals surface area (Å²) in [6.07, 6.45) is 0.747. The molecule has 13 heavy (non-hydrogen) atoms. The smallest absolute Gasteiger partial charge is 0.0977 e. The Balaban J connectivity index is 0.000000671. The molecule has 1 aromatic carbocycles. The normalized spacial score (nSPS) is 10.2. The molecule has 0 saturated carbocycles. The van der Waals surface area contributed by atoms with Crippen molar-refractivity contribution >= 4 is 5.84 Å². The van der Waals surface area contributed by atoms with Gasteiger partial charge in [-0.15, -0.1) is 0 Å². The van der Waals surface area contributed by atoms with Crippen molar-refractivity contribution in [1.82, 2.24) is 0 Å².